The summed E-state index contributed by atoms with van der Waals surface area (Å²) >= 11 is 0. The lowest BCUT2D eigenvalue weighted by atomic mass is 10.1. The number of hydrogen-bond donors (Lipinski definition) is 1. The molecule has 1 N–H and O–H groups in total. The van der Waals surface area contributed by atoms with Crippen molar-refractivity contribution in [1.29, 1.82) is 0 Å². The zero-order valence-electron chi connectivity index (χ0n) is 13.4. The van der Waals surface area contributed by atoms with Gasteiger partial charge >= 0.3 is 0 Å². The van der Waals surface area contributed by atoms with E-state index in [0.717, 1.165) is 42.6 Å². The van der Waals surface area contributed by atoms with Gasteiger partial charge in [-0.05, 0) is 43.4 Å². The van der Waals surface area contributed by atoms with Gasteiger partial charge in [0.25, 0.3) is 5.56 Å². The van der Waals surface area contributed by atoms with Crippen molar-refractivity contribution in [2.24, 2.45) is 7.05 Å². The number of aromatic nitrogens is 3. The van der Waals surface area contributed by atoms with Gasteiger partial charge < -0.3 is 9.88 Å². The lowest BCUT2D eigenvalue weighted by Crippen LogP contribution is -2.34. The fourth-order valence-corrected chi connectivity index (χ4v) is 2.95. The second-order valence-electron chi connectivity index (χ2n) is 6.06. The summed E-state index contributed by atoms with van der Waals surface area (Å²) in [6, 6.07) is 5.53. The number of hydrogen-bond acceptors (Lipinski definition) is 3. The normalized spacial score (nSPS) is 14.1. The van der Waals surface area contributed by atoms with E-state index in [9.17, 15) is 9.59 Å². The number of aryl methyl sites for hydroxylation is 3. The van der Waals surface area contributed by atoms with E-state index < -0.39 is 0 Å². The van der Waals surface area contributed by atoms with Crippen LogP contribution in [-0.4, -0.2) is 20.3 Å². The van der Waals surface area contributed by atoms with Crippen LogP contribution in [0.3, 0.4) is 0 Å². The maximum atomic E-state index is 12.1. The van der Waals surface area contributed by atoms with Crippen molar-refractivity contribution in [2.45, 2.75) is 45.2 Å². The Morgan fingerprint density at radius 2 is 2.13 bits per heavy atom. The van der Waals surface area contributed by atoms with Crippen LogP contribution >= 0.6 is 0 Å². The van der Waals surface area contributed by atoms with Crippen LogP contribution in [0.15, 0.2) is 29.2 Å². The molecule has 0 saturated carbocycles. The van der Waals surface area contributed by atoms with Gasteiger partial charge in [0.15, 0.2) is 0 Å². The van der Waals surface area contributed by atoms with Gasteiger partial charge in [-0.1, -0.05) is 6.42 Å². The van der Waals surface area contributed by atoms with E-state index in [2.05, 4.69) is 10.4 Å². The largest absolute Gasteiger partial charge is 0.353 e. The molecule has 122 valence electrons. The summed E-state index contributed by atoms with van der Waals surface area (Å²) in [5, 5.41) is 7.25. The Kier molecular flexibility index (Phi) is 4.60. The summed E-state index contributed by atoms with van der Waals surface area (Å²) in [4.78, 5) is 24.2. The van der Waals surface area contributed by atoms with Gasteiger partial charge in [0, 0.05) is 25.0 Å². The molecule has 1 aliphatic rings. The number of carbonyl (C=O) groups excluding carboxylic acids is 1. The zero-order valence-corrected chi connectivity index (χ0v) is 13.4. The standard InChI is InChI=1S/C17H22N4O2/c1-20-9-5-7-14(20)11-18-16(22)12-21-17(23)10-13-6-3-2-4-8-15(13)19-21/h5,7,9-10H,2-4,6,8,11-12H2,1H3,(H,18,22). The minimum absolute atomic E-state index is 0.0312. The van der Waals surface area contributed by atoms with E-state index in [1.807, 2.05) is 29.9 Å². The molecule has 2 heterocycles. The second kappa shape index (κ2) is 6.81. The number of amides is 1. The topological polar surface area (TPSA) is 68.9 Å². The predicted octanol–water partition coefficient (Wildman–Crippen LogP) is 1.17. The molecule has 0 bridgehead atoms. The number of carbonyl (C=O) groups is 1. The SMILES string of the molecule is Cn1cccc1CNC(=O)Cn1nc2c(cc1=O)CCCCC2. The Balaban J connectivity index is 1.67. The first kappa shape index (κ1) is 15.5. The van der Waals surface area contributed by atoms with Gasteiger partial charge in [-0.15, -0.1) is 0 Å². The summed E-state index contributed by atoms with van der Waals surface area (Å²) in [7, 11) is 1.93. The molecule has 1 amide bonds. The van der Waals surface area contributed by atoms with Crippen molar-refractivity contribution in [1.82, 2.24) is 19.7 Å². The van der Waals surface area contributed by atoms with Crippen molar-refractivity contribution < 1.29 is 4.79 Å². The molecule has 1 aliphatic carbocycles. The van der Waals surface area contributed by atoms with Crippen LogP contribution in [0.1, 0.15) is 36.2 Å². The fourth-order valence-electron chi connectivity index (χ4n) is 2.95. The minimum Gasteiger partial charge on any atom is -0.353 e. The van der Waals surface area contributed by atoms with Gasteiger partial charge in [0.05, 0.1) is 12.2 Å². The first-order valence-corrected chi connectivity index (χ1v) is 8.10. The minimum atomic E-state index is -0.200. The van der Waals surface area contributed by atoms with E-state index in [0.29, 0.717) is 6.54 Å². The summed E-state index contributed by atoms with van der Waals surface area (Å²) in [6.45, 7) is 0.415. The number of rotatable bonds is 4. The maximum Gasteiger partial charge on any atom is 0.267 e. The summed E-state index contributed by atoms with van der Waals surface area (Å²) in [5.41, 5.74) is 2.84. The molecule has 0 saturated heterocycles. The van der Waals surface area contributed by atoms with Gasteiger partial charge in [-0.25, -0.2) is 4.68 Å². The zero-order chi connectivity index (χ0) is 16.2. The number of nitrogens with one attached hydrogen (secondary N) is 1. The first-order valence-electron chi connectivity index (χ1n) is 8.10. The third-order valence-corrected chi connectivity index (χ3v) is 4.34. The molecule has 2 aromatic rings. The van der Waals surface area contributed by atoms with Crippen molar-refractivity contribution in [3.63, 3.8) is 0 Å². The molecule has 6 nitrogen and oxygen atoms in total. The summed E-state index contributed by atoms with van der Waals surface area (Å²) in [5.74, 6) is -0.200. The maximum absolute atomic E-state index is 12.1. The van der Waals surface area contributed by atoms with E-state index >= 15 is 0 Å². The van der Waals surface area contributed by atoms with E-state index in [-0.39, 0.29) is 18.0 Å². The van der Waals surface area contributed by atoms with Crippen LogP contribution < -0.4 is 10.9 Å². The van der Waals surface area contributed by atoms with Gasteiger partial charge in [-0.2, -0.15) is 5.10 Å². The first-order chi connectivity index (χ1) is 11.1. The number of nitrogens with zero attached hydrogens (tertiary/aromatic N) is 3. The Labute approximate surface area is 135 Å². The van der Waals surface area contributed by atoms with Crippen molar-refractivity contribution >= 4 is 5.91 Å². The highest BCUT2D eigenvalue weighted by atomic mass is 16.2. The highest BCUT2D eigenvalue weighted by Gasteiger charge is 2.13. The highest BCUT2D eigenvalue weighted by molar-refractivity contribution is 5.75. The van der Waals surface area contributed by atoms with Crippen LogP contribution in [0.2, 0.25) is 0 Å². The number of fused-ring (bicyclic) bond motifs is 1. The van der Waals surface area contributed by atoms with Crippen molar-refractivity contribution in [3.05, 3.63) is 51.7 Å². The smallest absolute Gasteiger partial charge is 0.267 e. The third kappa shape index (κ3) is 3.70. The van der Waals surface area contributed by atoms with Crippen LogP contribution in [0, 0.1) is 0 Å². The second-order valence-corrected chi connectivity index (χ2v) is 6.06. The molecular weight excluding hydrogens is 292 g/mol. The average Bonchev–Trinajstić information content (AvgIpc) is 2.79. The monoisotopic (exact) mass is 314 g/mol. The van der Waals surface area contributed by atoms with Crippen LogP contribution in [-0.2, 0) is 37.8 Å². The van der Waals surface area contributed by atoms with Crippen molar-refractivity contribution in [3.8, 4) is 0 Å². The molecule has 2 aromatic heterocycles. The lowest BCUT2D eigenvalue weighted by Gasteiger charge is -2.10. The van der Waals surface area contributed by atoms with E-state index in [4.69, 9.17) is 0 Å². The Bertz CT molecular complexity index is 760. The summed E-state index contributed by atoms with van der Waals surface area (Å²) in [6.07, 6.45) is 7.10. The Hall–Kier alpha value is -2.37. The lowest BCUT2D eigenvalue weighted by molar-refractivity contribution is -0.122. The van der Waals surface area contributed by atoms with E-state index in [1.165, 1.54) is 11.1 Å². The third-order valence-electron chi connectivity index (χ3n) is 4.34. The van der Waals surface area contributed by atoms with Crippen molar-refractivity contribution in [2.75, 3.05) is 0 Å². The van der Waals surface area contributed by atoms with Gasteiger partial charge in [0.2, 0.25) is 5.91 Å². The molecule has 0 spiro atoms. The molecule has 0 aromatic carbocycles. The molecular formula is C17H22N4O2. The molecule has 0 radical (unpaired) electrons. The molecule has 0 fully saturated rings. The summed E-state index contributed by atoms with van der Waals surface area (Å²) < 4.78 is 3.23. The molecule has 0 atom stereocenters. The molecule has 3 rings (SSSR count). The van der Waals surface area contributed by atoms with E-state index in [1.54, 1.807) is 6.07 Å². The molecule has 0 unspecified atom stereocenters. The molecule has 0 aliphatic heterocycles. The Morgan fingerprint density at radius 3 is 2.91 bits per heavy atom. The van der Waals surface area contributed by atoms with Gasteiger partial charge in [0.1, 0.15) is 6.54 Å². The van der Waals surface area contributed by atoms with Gasteiger partial charge in [-0.3, -0.25) is 9.59 Å². The predicted molar refractivity (Wildman–Crippen MR) is 87.0 cm³/mol. The fraction of sp³-hybridized carbons (Fsp3) is 0.471. The quantitative estimate of drug-likeness (QED) is 0.861. The van der Waals surface area contributed by atoms with Crippen LogP contribution in [0.4, 0.5) is 0 Å². The highest BCUT2D eigenvalue weighted by Crippen LogP contribution is 2.16. The van der Waals surface area contributed by atoms with Crippen LogP contribution in [0.25, 0.3) is 0 Å². The molecule has 23 heavy (non-hydrogen) atoms. The Morgan fingerprint density at radius 1 is 1.30 bits per heavy atom. The average molecular weight is 314 g/mol. The van der Waals surface area contributed by atoms with Crippen LogP contribution in [0.5, 0.6) is 0 Å². The molecule has 6 heteroatoms.